The summed E-state index contributed by atoms with van der Waals surface area (Å²) in [5.41, 5.74) is 4.73. The van der Waals surface area contributed by atoms with E-state index in [0.29, 0.717) is 12.5 Å². The van der Waals surface area contributed by atoms with Crippen molar-refractivity contribution in [1.29, 1.82) is 0 Å². The minimum Gasteiger partial charge on any atom is -0.372 e. The van der Waals surface area contributed by atoms with Crippen LogP contribution in [0.2, 0.25) is 0 Å². The highest BCUT2D eigenvalue weighted by Gasteiger charge is 2.34. The van der Waals surface area contributed by atoms with Crippen LogP contribution in [0.4, 0.5) is 0 Å². The van der Waals surface area contributed by atoms with Gasteiger partial charge in [-0.05, 0) is 98.7 Å². The van der Waals surface area contributed by atoms with E-state index in [1.807, 2.05) is 11.1 Å². The quantitative estimate of drug-likeness (QED) is 0.372. The van der Waals surface area contributed by atoms with Gasteiger partial charge in [-0.3, -0.25) is 9.78 Å². The molecular weight excluding hydrogens is 486 g/mol. The molecule has 3 aliphatic rings. The summed E-state index contributed by atoms with van der Waals surface area (Å²) in [6.45, 7) is 8.48. The largest absolute Gasteiger partial charge is 0.372 e. The number of nitrogens with zero attached hydrogens (tertiary/aromatic N) is 3. The number of carbonyl (C=O) groups is 1. The van der Waals surface area contributed by atoms with Gasteiger partial charge in [0.15, 0.2) is 0 Å². The number of amides is 1. The van der Waals surface area contributed by atoms with Crippen LogP contribution in [-0.4, -0.2) is 72.7 Å². The number of benzene rings is 2. The number of pyridine rings is 1. The summed E-state index contributed by atoms with van der Waals surface area (Å²) in [6.07, 6.45) is 8.09. The second-order valence-corrected chi connectivity index (χ2v) is 11.5. The van der Waals surface area contributed by atoms with Crippen molar-refractivity contribution in [2.75, 3.05) is 45.9 Å². The average molecular weight is 528 g/mol. The maximum absolute atomic E-state index is 12.9. The molecule has 0 radical (unpaired) electrons. The van der Waals surface area contributed by atoms with E-state index >= 15 is 0 Å². The molecule has 2 aromatic carbocycles. The smallest absolute Gasteiger partial charge is 0.251 e. The van der Waals surface area contributed by atoms with Gasteiger partial charge in [-0.1, -0.05) is 36.4 Å². The summed E-state index contributed by atoms with van der Waals surface area (Å²) in [4.78, 5) is 21.9. The number of aromatic nitrogens is 1. The van der Waals surface area contributed by atoms with E-state index in [-0.39, 0.29) is 18.1 Å². The summed E-state index contributed by atoms with van der Waals surface area (Å²) in [6, 6.07) is 17.7. The van der Waals surface area contributed by atoms with Gasteiger partial charge in [0, 0.05) is 43.5 Å². The number of hydrogen-bond donors (Lipinski definition) is 0. The van der Waals surface area contributed by atoms with E-state index in [9.17, 15) is 4.79 Å². The Morgan fingerprint density at radius 3 is 2.49 bits per heavy atom. The molecule has 6 nitrogen and oxygen atoms in total. The van der Waals surface area contributed by atoms with Crippen LogP contribution < -0.4 is 0 Å². The van der Waals surface area contributed by atoms with Crippen LogP contribution in [0, 0.1) is 12.8 Å². The summed E-state index contributed by atoms with van der Waals surface area (Å²) in [7, 11) is 0. The molecule has 0 bridgehead atoms. The van der Waals surface area contributed by atoms with Crippen molar-refractivity contribution in [3.05, 3.63) is 66.0 Å². The summed E-state index contributed by atoms with van der Waals surface area (Å²) in [5.74, 6) is 0.585. The highest BCUT2D eigenvalue weighted by atomic mass is 16.5. The molecule has 0 aliphatic carbocycles. The zero-order chi connectivity index (χ0) is 26.6. The minimum atomic E-state index is -0.225. The second-order valence-electron chi connectivity index (χ2n) is 11.5. The van der Waals surface area contributed by atoms with Crippen LogP contribution in [0.5, 0.6) is 0 Å². The number of rotatable bonds is 8. The molecule has 1 unspecified atom stereocenters. The molecule has 3 aliphatic heterocycles. The van der Waals surface area contributed by atoms with Crippen LogP contribution in [0.1, 0.15) is 55.9 Å². The predicted octanol–water partition coefficient (Wildman–Crippen LogP) is 5.78. The van der Waals surface area contributed by atoms with Crippen molar-refractivity contribution in [1.82, 2.24) is 14.8 Å². The Morgan fingerprint density at radius 2 is 1.74 bits per heavy atom. The first kappa shape index (κ1) is 26.4. The number of aryl methyl sites for hydroxylation is 1. The molecule has 0 saturated carbocycles. The Labute approximate surface area is 232 Å². The van der Waals surface area contributed by atoms with Gasteiger partial charge < -0.3 is 19.3 Å². The van der Waals surface area contributed by atoms with Crippen molar-refractivity contribution in [2.45, 2.75) is 57.7 Å². The van der Waals surface area contributed by atoms with E-state index in [1.165, 1.54) is 53.4 Å². The van der Waals surface area contributed by atoms with Crippen LogP contribution >= 0.6 is 0 Å². The van der Waals surface area contributed by atoms with E-state index in [2.05, 4.69) is 65.3 Å². The maximum atomic E-state index is 12.9. The molecule has 3 aromatic rings. The predicted molar refractivity (Wildman–Crippen MR) is 155 cm³/mol. The lowest BCUT2D eigenvalue weighted by molar-refractivity contribution is -0.143. The third kappa shape index (κ3) is 6.03. The van der Waals surface area contributed by atoms with Crippen molar-refractivity contribution in [3.63, 3.8) is 0 Å². The fourth-order valence-corrected chi connectivity index (χ4v) is 6.59. The van der Waals surface area contributed by atoms with Crippen LogP contribution in [0.15, 0.2) is 54.7 Å². The fourth-order valence-electron chi connectivity index (χ4n) is 6.59. The van der Waals surface area contributed by atoms with Crippen molar-refractivity contribution < 1.29 is 14.3 Å². The normalized spacial score (nSPS) is 21.6. The van der Waals surface area contributed by atoms with Gasteiger partial charge in [-0.15, -0.1) is 0 Å². The molecule has 6 heteroatoms. The van der Waals surface area contributed by atoms with Gasteiger partial charge in [0.1, 0.15) is 6.10 Å². The van der Waals surface area contributed by atoms with Crippen molar-refractivity contribution in [3.8, 4) is 11.1 Å². The fraction of sp³-hybridized carbons (Fsp3) is 0.515. The van der Waals surface area contributed by atoms with Gasteiger partial charge in [0.2, 0.25) is 0 Å². The van der Waals surface area contributed by atoms with Crippen LogP contribution in [0.3, 0.4) is 0 Å². The lowest BCUT2D eigenvalue weighted by Crippen LogP contribution is -2.44. The molecule has 1 amide bonds. The monoisotopic (exact) mass is 527 g/mol. The molecule has 0 spiro atoms. The third-order valence-corrected chi connectivity index (χ3v) is 8.92. The van der Waals surface area contributed by atoms with Gasteiger partial charge in [0.25, 0.3) is 5.91 Å². The lowest BCUT2D eigenvalue weighted by Gasteiger charge is -2.37. The number of hydrogen-bond acceptors (Lipinski definition) is 5. The molecule has 3 fully saturated rings. The van der Waals surface area contributed by atoms with E-state index in [0.717, 1.165) is 57.6 Å². The Balaban J connectivity index is 1.16. The van der Waals surface area contributed by atoms with Gasteiger partial charge >= 0.3 is 0 Å². The molecule has 2 atom stereocenters. The zero-order valence-corrected chi connectivity index (χ0v) is 23.2. The maximum Gasteiger partial charge on any atom is 0.251 e. The van der Waals surface area contributed by atoms with E-state index in [4.69, 9.17) is 9.47 Å². The molecule has 4 heterocycles. The minimum absolute atomic E-state index is 0.0481. The first-order valence-corrected chi connectivity index (χ1v) is 14.9. The SMILES string of the molecule is Cc1nccc2cc(-c3ccc(C(OCCN4CCCC4)C4CCN(C(=O)[C@H]5CCCO5)CC4)cc3)ccc12. The van der Waals surface area contributed by atoms with E-state index in [1.54, 1.807) is 0 Å². The first-order chi connectivity index (χ1) is 19.2. The molecule has 3 saturated heterocycles. The Bertz CT molecular complexity index is 1260. The molecular formula is C33H41N3O3. The van der Waals surface area contributed by atoms with Crippen molar-refractivity contribution >= 4 is 16.7 Å². The van der Waals surface area contributed by atoms with Gasteiger partial charge in [-0.2, -0.15) is 0 Å². The number of piperidine rings is 1. The Kier molecular flexibility index (Phi) is 8.24. The summed E-state index contributed by atoms with van der Waals surface area (Å²) < 4.78 is 12.3. The summed E-state index contributed by atoms with van der Waals surface area (Å²) in [5, 5.41) is 2.42. The van der Waals surface area contributed by atoms with Crippen LogP contribution in [-0.2, 0) is 14.3 Å². The van der Waals surface area contributed by atoms with E-state index < -0.39 is 0 Å². The number of fused-ring (bicyclic) bond motifs is 1. The highest BCUT2D eigenvalue weighted by molar-refractivity contribution is 5.88. The number of ether oxygens (including phenoxy) is 2. The molecule has 6 rings (SSSR count). The first-order valence-electron chi connectivity index (χ1n) is 14.9. The highest BCUT2D eigenvalue weighted by Crippen LogP contribution is 2.36. The average Bonchev–Trinajstić information content (AvgIpc) is 3.71. The lowest BCUT2D eigenvalue weighted by atomic mass is 9.86. The number of likely N-dealkylation sites (tertiary alicyclic amines) is 2. The van der Waals surface area contributed by atoms with Crippen molar-refractivity contribution in [2.24, 2.45) is 5.92 Å². The van der Waals surface area contributed by atoms with Crippen LogP contribution in [0.25, 0.3) is 21.9 Å². The topological polar surface area (TPSA) is 54.9 Å². The Morgan fingerprint density at radius 1 is 0.974 bits per heavy atom. The third-order valence-electron chi connectivity index (χ3n) is 8.92. The van der Waals surface area contributed by atoms with Gasteiger partial charge in [0.05, 0.1) is 12.7 Å². The molecule has 0 N–H and O–H groups in total. The molecule has 206 valence electrons. The molecule has 39 heavy (non-hydrogen) atoms. The standard InChI is InChI=1S/C33H41N3O3/c1-24-30-11-10-28(23-29(30)12-15-34-24)25-6-8-26(9-7-25)32(39-22-20-35-16-2-3-17-35)27-13-18-36(19-14-27)33(37)31-5-4-21-38-31/h6-12,15,23,27,31-32H,2-5,13-14,16-22H2,1H3/t31-,32?/m1/s1. The Hall–Kier alpha value is -2.80. The van der Waals surface area contributed by atoms with Gasteiger partial charge in [-0.25, -0.2) is 0 Å². The molecule has 1 aromatic heterocycles. The second kappa shape index (κ2) is 12.2. The summed E-state index contributed by atoms with van der Waals surface area (Å²) >= 11 is 0. The zero-order valence-electron chi connectivity index (χ0n) is 23.2. The number of carbonyl (C=O) groups excluding carboxylic acids is 1.